The minimum Gasteiger partial charge on any atom is -0.454 e. The molecular formula is C19H18N2O4. The molecule has 2 heterocycles. The van der Waals surface area contributed by atoms with E-state index >= 15 is 0 Å². The van der Waals surface area contributed by atoms with Crippen LogP contribution >= 0.6 is 0 Å². The summed E-state index contributed by atoms with van der Waals surface area (Å²) in [6, 6.07) is 13.2. The first-order valence-electron chi connectivity index (χ1n) is 8.18. The average molecular weight is 338 g/mol. The molecule has 128 valence electrons. The third kappa shape index (κ3) is 2.91. The lowest BCUT2D eigenvalue weighted by molar-refractivity contribution is -0.146. The highest BCUT2D eigenvalue weighted by Gasteiger charge is 2.34. The standard InChI is InChI=1S/C19H18N2O4/c1-13-3-2-4-14(9-13)11-20-7-8-21(19(23)18(20)22)15-5-6-16-17(10-15)25-12-24-16/h2-6,9-10H,7-8,11-12H2,1H3. The van der Waals surface area contributed by atoms with Crippen molar-refractivity contribution in [3.05, 3.63) is 53.6 Å². The van der Waals surface area contributed by atoms with E-state index in [9.17, 15) is 9.59 Å². The summed E-state index contributed by atoms with van der Waals surface area (Å²) in [5.74, 6) is 0.253. The van der Waals surface area contributed by atoms with E-state index in [1.54, 1.807) is 23.1 Å². The number of anilines is 1. The van der Waals surface area contributed by atoms with Gasteiger partial charge in [-0.25, -0.2) is 0 Å². The molecule has 1 saturated heterocycles. The van der Waals surface area contributed by atoms with Crippen LogP contribution < -0.4 is 14.4 Å². The Morgan fingerprint density at radius 3 is 2.64 bits per heavy atom. The Morgan fingerprint density at radius 1 is 0.960 bits per heavy atom. The average Bonchev–Trinajstić information content (AvgIpc) is 3.07. The van der Waals surface area contributed by atoms with Crippen LogP contribution in [0.2, 0.25) is 0 Å². The molecule has 25 heavy (non-hydrogen) atoms. The first kappa shape index (κ1) is 15.5. The van der Waals surface area contributed by atoms with Gasteiger partial charge in [0.2, 0.25) is 6.79 Å². The molecule has 0 aliphatic carbocycles. The maximum absolute atomic E-state index is 12.6. The summed E-state index contributed by atoms with van der Waals surface area (Å²) in [5.41, 5.74) is 2.81. The van der Waals surface area contributed by atoms with Crippen LogP contribution in [0.4, 0.5) is 5.69 Å². The summed E-state index contributed by atoms with van der Waals surface area (Å²) in [4.78, 5) is 28.2. The topological polar surface area (TPSA) is 59.1 Å². The molecule has 0 radical (unpaired) electrons. The molecule has 0 bridgehead atoms. The number of hydrogen-bond donors (Lipinski definition) is 0. The van der Waals surface area contributed by atoms with Crippen molar-refractivity contribution in [2.75, 3.05) is 24.8 Å². The summed E-state index contributed by atoms with van der Waals surface area (Å²) in [5, 5.41) is 0. The molecule has 2 aromatic carbocycles. The Bertz CT molecular complexity index is 849. The van der Waals surface area contributed by atoms with E-state index < -0.39 is 11.8 Å². The summed E-state index contributed by atoms with van der Waals surface area (Å²) in [7, 11) is 0. The molecular weight excluding hydrogens is 320 g/mol. The minimum atomic E-state index is -0.516. The number of nitrogens with zero attached hydrogens (tertiary/aromatic N) is 2. The van der Waals surface area contributed by atoms with Gasteiger partial charge in [0.15, 0.2) is 11.5 Å². The van der Waals surface area contributed by atoms with Crippen molar-refractivity contribution in [1.82, 2.24) is 4.90 Å². The predicted octanol–water partition coefficient (Wildman–Crippen LogP) is 2.10. The van der Waals surface area contributed by atoms with Gasteiger partial charge >= 0.3 is 11.8 Å². The lowest BCUT2D eigenvalue weighted by atomic mass is 10.1. The van der Waals surface area contributed by atoms with Gasteiger partial charge in [-0.2, -0.15) is 0 Å². The van der Waals surface area contributed by atoms with Crippen molar-refractivity contribution in [2.24, 2.45) is 0 Å². The second-order valence-corrected chi connectivity index (χ2v) is 6.21. The fourth-order valence-electron chi connectivity index (χ4n) is 3.16. The molecule has 0 spiro atoms. The highest BCUT2D eigenvalue weighted by molar-refractivity contribution is 6.41. The maximum atomic E-state index is 12.6. The second kappa shape index (κ2) is 6.12. The van der Waals surface area contributed by atoms with Gasteiger partial charge in [-0.3, -0.25) is 9.59 Å². The van der Waals surface area contributed by atoms with E-state index in [-0.39, 0.29) is 6.79 Å². The number of amides is 2. The molecule has 2 aliphatic rings. The zero-order valence-electron chi connectivity index (χ0n) is 13.9. The van der Waals surface area contributed by atoms with Crippen LogP contribution in [0, 0.1) is 6.92 Å². The zero-order chi connectivity index (χ0) is 17.4. The van der Waals surface area contributed by atoms with Crippen molar-refractivity contribution < 1.29 is 19.1 Å². The van der Waals surface area contributed by atoms with Gasteiger partial charge in [0.25, 0.3) is 0 Å². The van der Waals surface area contributed by atoms with Crippen molar-refractivity contribution in [3.63, 3.8) is 0 Å². The number of benzene rings is 2. The lowest BCUT2D eigenvalue weighted by Gasteiger charge is -2.33. The molecule has 4 rings (SSSR count). The fourth-order valence-corrected chi connectivity index (χ4v) is 3.16. The first-order valence-corrected chi connectivity index (χ1v) is 8.18. The molecule has 6 nitrogen and oxygen atoms in total. The normalized spacial score (nSPS) is 16.5. The molecule has 2 aliphatic heterocycles. The van der Waals surface area contributed by atoms with Crippen LogP contribution in [0.3, 0.4) is 0 Å². The number of aryl methyl sites for hydroxylation is 1. The van der Waals surface area contributed by atoms with Crippen LogP contribution in [0.15, 0.2) is 42.5 Å². The van der Waals surface area contributed by atoms with Crippen LogP contribution in [0.5, 0.6) is 11.5 Å². The Morgan fingerprint density at radius 2 is 1.80 bits per heavy atom. The van der Waals surface area contributed by atoms with Crippen LogP contribution in [0.25, 0.3) is 0 Å². The van der Waals surface area contributed by atoms with E-state index in [0.29, 0.717) is 36.8 Å². The highest BCUT2D eigenvalue weighted by atomic mass is 16.7. The number of rotatable bonds is 3. The van der Waals surface area contributed by atoms with E-state index in [0.717, 1.165) is 11.1 Å². The number of ether oxygens (including phenoxy) is 2. The number of piperazine rings is 1. The summed E-state index contributed by atoms with van der Waals surface area (Å²) in [6.45, 7) is 3.58. The van der Waals surface area contributed by atoms with Gasteiger partial charge in [-0.15, -0.1) is 0 Å². The van der Waals surface area contributed by atoms with E-state index in [1.165, 1.54) is 4.90 Å². The molecule has 2 aromatic rings. The lowest BCUT2D eigenvalue weighted by Crippen LogP contribution is -2.54. The second-order valence-electron chi connectivity index (χ2n) is 6.21. The van der Waals surface area contributed by atoms with Crippen molar-refractivity contribution in [1.29, 1.82) is 0 Å². The molecule has 6 heteroatoms. The van der Waals surface area contributed by atoms with Gasteiger partial charge in [-0.05, 0) is 24.6 Å². The predicted molar refractivity (Wildman–Crippen MR) is 91.5 cm³/mol. The number of hydrogen-bond acceptors (Lipinski definition) is 4. The van der Waals surface area contributed by atoms with Crippen LogP contribution in [0.1, 0.15) is 11.1 Å². The number of fused-ring (bicyclic) bond motifs is 1. The minimum absolute atomic E-state index is 0.177. The first-order chi connectivity index (χ1) is 12.1. The van der Waals surface area contributed by atoms with E-state index in [2.05, 4.69) is 0 Å². The van der Waals surface area contributed by atoms with E-state index in [4.69, 9.17) is 9.47 Å². The van der Waals surface area contributed by atoms with Gasteiger partial charge < -0.3 is 19.3 Å². The summed E-state index contributed by atoms with van der Waals surface area (Å²) >= 11 is 0. The van der Waals surface area contributed by atoms with Crippen molar-refractivity contribution in [3.8, 4) is 11.5 Å². The van der Waals surface area contributed by atoms with Gasteiger partial charge in [0, 0.05) is 31.4 Å². The summed E-state index contributed by atoms with van der Waals surface area (Å²) < 4.78 is 10.6. The smallest absolute Gasteiger partial charge is 0.316 e. The largest absolute Gasteiger partial charge is 0.454 e. The highest BCUT2D eigenvalue weighted by Crippen LogP contribution is 2.36. The van der Waals surface area contributed by atoms with Crippen LogP contribution in [-0.2, 0) is 16.1 Å². The summed E-state index contributed by atoms with van der Waals surface area (Å²) in [6.07, 6.45) is 0. The molecule has 0 atom stereocenters. The Hall–Kier alpha value is -3.02. The monoisotopic (exact) mass is 338 g/mol. The Kier molecular flexibility index (Phi) is 3.80. The molecule has 2 amide bonds. The number of carbonyl (C=O) groups excluding carboxylic acids is 2. The van der Waals surface area contributed by atoms with Crippen molar-refractivity contribution in [2.45, 2.75) is 13.5 Å². The van der Waals surface area contributed by atoms with Crippen molar-refractivity contribution >= 4 is 17.5 Å². The molecule has 0 aromatic heterocycles. The fraction of sp³-hybridized carbons (Fsp3) is 0.263. The molecule has 0 unspecified atom stereocenters. The van der Waals surface area contributed by atoms with Gasteiger partial charge in [-0.1, -0.05) is 29.8 Å². The quantitative estimate of drug-likeness (QED) is 0.804. The third-order valence-corrected chi connectivity index (χ3v) is 4.43. The number of carbonyl (C=O) groups is 2. The SMILES string of the molecule is Cc1cccc(CN2CCN(c3ccc4c(c3)OCO4)C(=O)C2=O)c1. The van der Waals surface area contributed by atoms with Gasteiger partial charge in [0.1, 0.15) is 0 Å². The third-order valence-electron chi connectivity index (χ3n) is 4.43. The molecule has 1 fully saturated rings. The Labute approximate surface area is 145 Å². The maximum Gasteiger partial charge on any atom is 0.316 e. The van der Waals surface area contributed by atoms with E-state index in [1.807, 2.05) is 31.2 Å². The van der Waals surface area contributed by atoms with Crippen LogP contribution in [-0.4, -0.2) is 36.6 Å². The Balaban J connectivity index is 1.50. The van der Waals surface area contributed by atoms with Gasteiger partial charge in [0.05, 0.1) is 0 Å². The molecule has 0 N–H and O–H groups in total. The molecule has 0 saturated carbocycles. The zero-order valence-corrected chi connectivity index (χ0v) is 13.9.